The molecule has 0 unspecified atom stereocenters. The molecule has 0 saturated heterocycles. The molecule has 1 atom stereocenters. The first kappa shape index (κ1) is 35.6. The van der Waals surface area contributed by atoms with E-state index < -0.39 is 12.0 Å². The third-order valence-corrected chi connectivity index (χ3v) is 8.66. The van der Waals surface area contributed by atoms with Gasteiger partial charge >= 0.3 is 0 Å². The first-order valence-corrected chi connectivity index (χ1v) is 17.4. The zero-order valence-electron chi connectivity index (χ0n) is 26.7. The standard InChI is InChI=1S/C39H47IN2O4/c40-34-21-13-20-31(27-34)15-9-12-26-45-25-11-2-1-10-24-42(28-32-16-5-3-6-17-32)29-36(43)35-22-14-23-37(38(35)39(41)44)46-30-33-18-7-4-8-19-33/h3-8,13-14,16-23,27,36,43H,1-2,9-12,15,24-26,28-30H2,(H2,41,44)/t36-/m0/s1. The lowest BCUT2D eigenvalue weighted by atomic mass is 9.99. The number of carbonyl (C=O) groups excluding carboxylic acids is 1. The largest absolute Gasteiger partial charge is 0.488 e. The van der Waals surface area contributed by atoms with E-state index in [4.69, 9.17) is 15.2 Å². The number of carbonyl (C=O) groups is 1. The summed E-state index contributed by atoms with van der Waals surface area (Å²) in [5.74, 6) is -0.226. The molecule has 4 aromatic carbocycles. The van der Waals surface area contributed by atoms with Crippen molar-refractivity contribution >= 4 is 28.5 Å². The van der Waals surface area contributed by atoms with Crippen molar-refractivity contribution < 1.29 is 19.4 Å². The van der Waals surface area contributed by atoms with Crippen LogP contribution in [-0.2, 0) is 24.3 Å². The van der Waals surface area contributed by atoms with Crippen LogP contribution in [-0.4, -0.2) is 42.2 Å². The van der Waals surface area contributed by atoms with E-state index in [9.17, 15) is 9.90 Å². The van der Waals surface area contributed by atoms with Crippen molar-refractivity contribution in [2.24, 2.45) is 5.73 Å². The summed E-state index contributed by atoms with van der Waals surface area (Å²) >= 11 is 2.36. The molecular weight excluding hydrogens is 687 g/mol. The van der Waals surface area contributed by atoms with E-state index in [-0.39, 0.29) is 5.56 Å². The van der Waals surface area contributed by atoms with E-state index >= 15 is 0 Å². The molecule has 0 aromatic heterocycles. The van der Waals surface area contributed by atoms with Crippen LogP contribution in [0.1, 0.15) is 77.2 Å². The van der Waals surface area contributed by atoms with Gasteiger partial charge in [0.15, 0.2) is 0 Å². The summed E-state index contributed by atoms with van der Waals surface area (Å²) in [4.78, 5) is 14.8. The van der Waals surface area contributed by atoms with Crippen LogP contribution in [0.5, 0.6) is 5.75 Å². The van der Waals surface area contributed by atoms with Gasteiger partial charge in [-0.2, -0.15) is 0 Å². The summed E-state index contributed by atoms with van der Waals surface area (Å²) < 4.78 is 13.2. The number of aryl methyl sites for hydroxylation is 1. The van der Waals surface area contributed by atoms with Crippen LogP contribution < -0.4 is 10.5 Å². The van der Waals surface area contributed by atoms with E-state index in [1.54, 1.807) is 18.2 Å². The molecule has 3 N–H and O–H groups in total. The second-order valence-corrected chi connectivity index (χ2v) is 13.0. The quantitative estimate of drug-likeness (QED) is 0.0668. The van der Waals surface area contributed by atoms with Crippen LogP contribution in [0.4, 0.5) is 0 Å². The fraction of sp³-hybridized carbons (Fsp3) is 0.359. The van der Waals surface area contributed by atoms with E-state index in [0.717, 1.165) is 70.3 Å². The predicted octanol–water partition coefficient (Wildman–Crippen LogP) is 8.10. The van der Waals surface area contributed by atoms with Gasteiger partial charge in [-0.05, 0) is 102 Å². The maximum absolute atomic E-state index is 12.6. The Labute approximate surface area is 288 Å². The topological polar surface area (TPSA) is 85.0 Å². The third-order valence-electron chi connectivity index (χ3n) is 7.99. The van der Waals surface area contributed by atoms with Crippen LogP contribution in [0.15, 0.2) is 103 Å². The number of rotatable bonds is 21. The normalized spacial score (nSPS) is 11.9. The Morgan fingerprint density at radius 2 is 1.41 bits per heavy atom. The van der Waals surface area contributed by atoms with Gasteiger partial charge in [-0.25, -0.2) is 0 Å². The van der Waals surface area contributed by atoms with E-state index in [1.807, 2.05) is 48.5 Å². The molecule has 1 amide bonds. The molecule has 4 aromatic rings. The lowest BCUT2D eigenvalue weighted by Gasteiger charge is -2.26. The zero-order valence-corrected chi connectivity index (χ0v) is 28.8. The number of amides is 1. The van der Waals surface area contributed by atoms with Crippen molar-refractivity contribution in [1.29, 1.82) is 0 Å². The average molecular weight is 735 g/mol. The lowest BCUT2D eigenvalue weighted by Crippen LogP contribution is -2.30. The van der Waals surface area contributed by atoms with Crippen molar-refractivity contribution in [2.45, 2.75) is 64.2 Å². The van der Waals surface area contributed by atoms with Crippen LogP contribution >= 0.6 is 22.6 Å². The highest BCUT2D eigenvalue weighted by atomic mass is 127. The number of unbranched alkanes of at least 4 members (excludes halogenated alkanes) is 4. The van der Waals surface area contributed by atoms with Gasteiger partial charge in [-0.15, -0.1) is 0 Å². The third kappa shape index (κ3) is 12.5. The maximum atomic E-state index is 12.6. The molecule has 0 spiro atoms. The minimum atomic E-state index is -0.898. The van der Waals surface area contributed by atoms with Gasteiger partial charge in [-0.3, -0.25) is 9.69 Å². The summed E-state index contributed by atoms with van der Waals surface area (Å²) in [5.41, 5.74) is 10.1. The molecule has 0 radical (unpaired) electrons. The van der Waals surface area contributed by atoms with E-state index in [0.29, 0.717) is 31.0 Å². The van der Waals surface area contributed by atoms with Crippen molar-refractivity contribution in [3.8, 4) is 5.75 Å². The SMILES string of the molecule is NC(=O)c1c(OCc2ccccc2)cccc1[C@@H](O)CN(CCCCCCOCCCCc1cccc(I)c1)Cc1ccccc1. The number of primary amides is 1. The molecule has 4 rings (SSSR count). The van der Waals surface area contributed by atoms with Gasteiger partial charge in [0.1, 0.15) is 12.4 Å². The molecule has 0 aliphatic rings. The van der Waals surface area contributed by atoms with Gasteiger partial charge in [-0.1, -0.05) is 97.8 Å². The summed E-state index contributed by atoms with van der Waals surface area (Å²) in [5, 5.41) is 11.4. The zero-order chi connectivity index (χ0) is 32.4. The van der Waals surface area contributed by atoms with Gasteiger partial charge in [0.2, 0.25) is 0 Å². The van der Waals surface area contributed by atoms with Gasteiger partial charge in [0.05, 0.1) is 11.7 Å². The molecule has 0 aliphatic heterocycles. The number of aliphatic hydroxyl groups excluding tert-OH is 1. The minimum absolute atomic E-state index is 0.237. The minimum Gasteiger partial charge on any atom is -0.488 e. The molecule has 0 fully saturated rings. The Hall–Kier alpha value is -3.24. The Morgan fingerprint density at radius 3 is 2.13 bits per heavy atom. The molecule has 0 bridgehead atoms. The Kier molecular flexibility index (Phi) is 15.6. The molecular formula is C39H47IN2O4. The highest BCUT2D eigenvalue weighted by Gasteiger charge is 2.22. The summed E-state index contributed by atoms with van der Waals surface area (Å²) in [6, 6.07) is 34.0. The summed E-state index contributed by atoms with van der Waals surface area (Å²) in [6.45, 7) is 3.84. The number of halogens is 1. The number of ether oxygens (including phenoxy) is 2. The van der Waals surface area contributed by atoms with Crippen molar-refractivity contribution in [1.82, 2.24) is 4.90 Å². The van der Waals surface area contributed by atoms with Crippen molar-refractivity contribution in [2.75, 3.05) is 26.3 Å². The summed E-state index contributed by atoms with van der Waals surface area (Å²) in [7, 11) is 0. The molecule has 0 saturated carbocycles. The van der Waals surface area contributed by atoms with Crippen LogP contribution in [0.3, 0.4) is 0 Å². The summed E-state index contributed by atoms with van der Waals surface area (Å²) in [6.07, 6.45) is 6.70. The Balaban J connectivity index is 1.23. The number of aliphatic hydroxyl groups is 1. The molecule has 0 heterocycles. The first-order valence-electron chi connectivity index (χ1n) is 16.4. The second kappa shape index (κ2) is 20.1. The second-order valence-electron chi connectivity index (χ2n) is 11.7. The fourth-order valence-electron chi connectivity index (χ4n) is 5.59. The molecule has 0 aliphatic carbocycles. The monoisotopic (exact) mass is 734 g/mol. The Morgan fingerprint density at radius 1 is 0.761 bits per heavy atom. The smallest absolute Gasteiger partial charge is 0.252 e. The van der Waals surface area contributed by atoms with Gasteiger partial charge in [0, 0.05) is 29.9 Å². The fourth-order valence-corrected chi connectivity index (χ4v) is 6.19. The van der Waals surface area contributed by atoms with E-state index in [1.165, 1.54) is 14.7 Å². The van der Waals surface area contributed by atoms with E-state index in [2.05, 4.69) is 63.9 Å². The lowest BCUT2D eigenvalue weighted by molar-refractivity contribution is 0.0950. The molecule has 244 valence electrons. The van der Waals surface area contributed by atoms with Crippen molar-refractivity contribution in [3.05, 3.63) is 135 Å². The van der Waals surface area contributed by atoms with Crippen LogP contribution in [0, 0.1) is 3.57 Å². The van der Waals surface area contributed by atoms with Gasteiger partial charge in [0.25, 0.3) is 5.91 Å². The highest BCUT2D eigenvalue weighted by Crippen LogP contribution is 2.29. The maximum Gasteiger partial charge on any atom is 0.252 e. The highest BCUT2D eigenvalue weighted by molar-refractivity contribution is 14.1. The number of benzene rings is 4. The van der Waals surface area contributed by atoms with Crippen molar-refractivity contribution in [3.63, 3.8) is 0 Å². The predicted molar refractivity (Wildman–Crippen MR) is 194 cm³/mol. The number of hydrogen-bond acceptors (Lipinski definition) is 5. The van der Waals surface area contributed by atoms with Crippen LogP contribution in [0.25, 0.3) is 0 Å². The number of hydrogen-bond donors (Lipinski definition) is 2. The first-order chi connectivity index (χ1) is 22.5. The van der Waals surface area contributed by atoms with Gasteiger partial charge < -0.3 is 20.3 Å². The number of nitrogens with zero attached hydrogens (tertiary/aromatic N) is 1. The molecule has 7 heteroatoms. The molecule has 6 nitrogen and oxygen atoms in total. The average Bonchev–Trinajstić information content (AvgIpc) is 3.06. The molecule has 46 heavy (non-hydrogen) atoms. The number of nitrogens with two attached hydrogens (primary N) is 1. The van der Waals surface area contributed by atoms with Crippen LogP contribution in [0.2, 0.25) is 0 Å². The Bertz CT molecular complexity index is 1450.